The van der Waals surface area contributed by atoms with Crippen molar-refractivity contribution in [2.24, 2.45) is 5.73 Å². The van der Waals surface area contributed by atoms with Crippen LogP contribution in [0.5, 0.6) is 0 Å². The van der Waals surface area contributed by atoms with Crippen molar-refractivity contribution in [3.63, 3.8) is 0 Å². The van der Waals surface area contributed by atoms with Crippen LogP contribution in [0.3, 0.4) is 0 Å². The third kappa shape index (κ3) is 2.43. The van der Waals surface area contributed by atoms with Gasteiger partial charge in [-0.25, -0.2) is 14.2 Å². The second-order valence-corrected chi connectivity index (χ2v) is 5.25. The Balaban J connectivity index is 1.82. The molecule has 0 aliphatic carbocycles. The van der Waals surface area contributed by atoms with Gasteiger partial charge in [-0.1, -0.05) is 30.3 Å². The zero-order valence-electron chi connectivity index (χ0n) is 11.1. The first-order valence-corrected chi connectivity index (χ1v) is 6.76. The highest BCUT2D eigenvalue weighted by molar-refractivity contribution is 5.32. The van der Waals surface area contributed by atoms with E-state index in [9.17, 15) is 8.78 Å². The van der Waals surface area contributed by atoms with Crippen molar-refractivity contribution in [3.05, 3.63) is 47.4 Å². The molecule has 2 aliphatic heterocycles. The molecule has 0 spiro atoms. The maximum atomic E-state index is 13.3. The number of nitrogens with one attached hydrogen (secondary N) is 2. The third-order valence-corrected chi connectivity index (χ3v) is 3.87. The largest absolute Gasteiger partial charge is 0.383 e. The summed E-state index contributed by atoms with van der Waals surface area (Å²) < 4.78 is 26.6. The Bertz CT molecular complexity index is 505. The van der Waals surface area contributed by atoms with Crippen molar-refractivity contribution in [2.75, 3.05) is 13.1 Å². The summed E-state index contributed by atoms with van der Waals surface area (Å²) in [7, 11) is 0. The van der Waals surface area contributed by atoms with Crippen LogP contribution in [0.4, 0.5) is 8.78 Å². The molecule has 1 aromatic carbocycles. The second kappa shape index (κ2) is 4.94. The molecule has 0 radical (unpaired) electrons. The first-order chi connectivity index (χ1) is 9.57. The summed E-state index contributed by atoms with van der Waals surface area (Å²) in [4.78, 5) is 1.96. The van der Waals surface area contributed by atoms with Gasteiger partial charge in [0.05, 0.1) is 11.7 Å². The third-order valence-electron chi connectivity index (χ3n) is 3.87. The Morgan fingerprint density at radius 3 is 2.45 bits per heavy atom. The van der Waals surface area contributed by atoms with Gasteiger partial charge in [0.2, 0.25) is 0 Å². The van der Waals surface area contributed by atoms with Crippen molar-refractivity contribution < 1.29 is 8.78 Å². The molecule has 6 heteroatoms. The molecule has 1 unspecified atom stereocenters. The first-order valence-electron chi connectivity index (χ1n) is 6.76. The Labute approximate surface area is 116 Å². The minimum absolute atomic E-state index is 0.0945. The lowest BCUT2D eigenvalue weighted by Gasteiger charge is -2.35. The summed E-state index contributed by atoms with van der Waals surface area (Å²) in [5.41, 5.74) is 13.9. The number of rotatable bonds is 2. The lowest BCUT2D eigenvalue weighted by molar-refractivity contribution is -0.0499. The van der Waals surface area contributed by atoms with Crippen molar-refractivity contribution in [2.45, 2.75) is 24.8 Å². The fraction of sp³-hybridized carbons (Fsp3) is 0.429. The quantitative estimate of drug-likeness (QED) is 0.772. The van der Waals surface area contributed by atoms with Crippen LogP contribution in [0, 0.1) is 0 Å². The molecule has 0 bridgehead atoms. The number of likely N-dealkylation sites (tertiary alicyclic amines) is 1. The summed E-state index contributed by atoms with van der Waals surface area (Å²) >= 11 is 0. The molecule has 2 aliphatic rings. The Hall–Kier alpha value is -1.82. The van der Waals surface area contributed by atoms with Crippen LogP contribution in [0.1, 0.15) is 24.4 Å². The molecule has 2 heterocycles. The number of halogens is 2. The van der Waals surface area contributed by atoms with Gasteiger partial charge in [-0.2, -0.15) is 0 Å². The van der Waals surface area contributed by atoms with E-state index in [-0.39, 0.29) is 18.9 Å². The number of hydrazine groups is 1. The van der Waals surface area contributed by atoms with Crippen LogP contribution in [0.15, 0.2) is 41.8 Å². The zero-order valence-corrected chi connectivity index (χ0v) is 11.1. The van der Waals surface area contributed by atoms with Crippen molar-refractivity contribution in [1.29, 1.82) is 0 Å². The molecular weight excluding hydrogens is 262 g/mol. The monoisotopic (exact) mass is 280 g/mol. The average Bonchev–Trinajstić information content (AvgIpc) is 2.82. The number of nitrogens with zero attached hydrogens (tertiary/aromatic N) is 1. The van der Waals surface area contributed by atoms with Crippen LogP contribution in [-0.4, -0.2) is 23.9 Å². The molecule has 0 aromatic heterocycles. The lowest BCUT2D eigenvalue weighted by Crippen LogP contribution is -2.40. The summed E-state index contributed by atoms with van der Waals surface area (Å²) in [5, 5.41) is 0. The maximum Gasteiger partial charge on any atom is 0.251 e. The van der Waals surface area contributed by atoms with E-state index in [1.54, 1.807) is 0 Å². The zero-order chi connectivity index (χ0) is 14.2. The fourth-order valence-electron chi connectivity index (χ4n) is 2.75. The van der Waals surface area contributed by atoms with E-state index in [1.807, 2.05) is 35.2 Å². The van der Waals surface area contributed by atoms with Gasteiger partial charge in [-0.3, -0.25) is 0 Å². The molecule has 0 amide bonds. The van der Waals surface area contributed by atoms with E-state index in [1.165, 1.54) is 0 Å². The number of hydrogen-bond acceptors (Lipinski definition) is 4. The molecule has 4 N–H and O–H groups in total. The Kier molecular flexibility index (Phi) is 3.25. The molecule has 108 valence electrons. The fourth-order valence-corrected chi connectivity index (χ4v) is 2.75. The lowest BCUT2D eigenvalue weighted by atomic mass is 10.0. The predicted octanol–water partition coefficient (Wildman–Crippen LogP) is 1.69. The number of hydrogen-bond donors (Lipinski definition) is 3. The van der Waals surface area contributed by atoms with Crippen LogP contribution in [0.25, 0.3) is 0 Å². The molecule has 3 rings (SSSR count). The van der Waals surface area contributed by atoms with Gasteiger partial charge in [-0.15, -0.1) is 0 Å². The standard InChI is InChI=1S/C14H18F2N4/c15-14(16)6-8-20(9-7-14)12-11(18-19-13(12)17)10-4-2-1-3-5-10/h1-5,11,18-19H,6-9,17H2. The van der Waals surface area contributed by atoms with Crippen LogP contribution >= 0.6 is 0 Å². The van der Waals surface area contributed by atoms with E-state index in [2.05, 4.69) is 10.9 Å². The van der Waals surface area contributed by atoms with Gasteiger partial charge in [0.25, 0.3) is 5.92 Å². The highest BCUT2D eigenvalue weighted by Crippen LogP contribution is 2.34. The van der Waals surface area contributed by atoms with E-state index in [0.717, 1.165) is 11.3 Å². The van der Waals surface area contributed by atoms with Crippen LogP contribution in [-0.2, 0) is 0 Å². The maximum absolute atomic E-state index is 13.3. The Morgan fingerprint density at radius 1 is 1.15 bits per heavy atom. The number of piperidine rings is 1. The summed E-state index contributed by atoms with van der Waals surface area (Å²) in [6.07, 6.45) is -0.240. The smallest absolute Gasteiger partial charge is 0.251 e. The van der Waals surface area contributed by atoms with Gasteiger partial charge in [0.1, 0.15) is 5.82 Å². The SMILES string of the molecule is NC1=C(N2CCC(F)(F)CC2)C(c2ccccc2)NN1. The molecular formula is C14H18F2N4. The molecule has 1 atom stereocenters. The topological polar surface area (TPSA) is 53.3 Å². The Morgan fingerprint density at radius 2 is 1.80 bits per heavy atom. The van der Waals surface area contributed by atoms with Gasteiger partial charge >= 0.3 is 0 Å². The van der Waals surface area contributed by atoms with Gasteiger partial charge in [-0.05, 0) is 5.56 Å². The summed E-state index contributed by atoms with van der Waals surface area (Å²) in [6, 6.07) is 9.75. The van der Waals surface area contributed by atoms with Crippen molar-refractivity contribution in [1.82, 2.24) is 15.8 Å². The normalized spacial score (nSPS) is 25.7. The van der Waals surface area contributed by atoms with Gasteiger partial charge < -0.3 is 16.1 Å². The predicted molar refractivity (Wildman–Crippen MR) is 72.4 cm³/mol. The minimum Gasteiger partial charge on any atom is -0.383 e. The van der Waals surface area contributed by atoms with E-state index < -0.39 is 5.92 Å². The summed E-state index contributed by atoms with van der Waals surface area (Å²) in [5.74, 6) is -2.03. The first kappa shape index (κ1) is 13.2. The molecule has 1 saturated heterocycles. The molecule has 0 saturated carbocycles. The highest BCUT2D eigenvalue weighted by atomic mass is 19.3. The molecule has 1 fully saturated rings. The van der Waals surface area contributed by atoms with Crippen LogP contribution in [0.2, 0.25) is 0 Å². The highest BCUT2D eigenvalue weighted by Gasteiger charge is 2.38. The molecule has 1 aromatic rings. The number of nitrogens with two attached hydrogens (primary N) is 1. The van der Waals surface area contributed by atoms with E-state index >= 15 is 0 Å². The van der Waals surface area contributed by atoms with E-state index in [4.69, 9.17) is 5.73 Å². The molecule has 4 nitrogen and oxygen atoms in total. The molecule has 20 heavy (non-hydrogen) atoms. The summed E-state index contributed by atoms with van der Waals surface area (Å²) in [6.45, 7) is 0.658. The van der Waals surface area contributed by atoms with Gasteiger partial charge in [0, 0.05) is 25.9 Å². The second-order valence-electron chi connectivity index (χ2n) is 5.25. The minimum atomic E-state index is -2.55. The van der Waals surface area contributed by atoms with E-state index in [0.29, 0.717) is 18.9 Å². The van der Waals surface area contributed by atoms with Gasteiger partial charge in [0.15, 0.2) is 0 Å². The number of alkyl halides is 2. The van der Waals surface area contributed by atoms with Crippen molar-refractivity contribution in [3.8, 4) is 0 Å². The van der Waals surface area contributed by atoms with Crippen molar-refractivity contribution >= 4 is 0 Å². The van der Waals surface area contributed by atoms with Crippen LogP contribution < -0.4 is 16.6 Å². The number of benzene rings is 1. The average molecular weight is 280 g/mol.